The standard InChI is InChI=1S/C28H30N4O2/c1-2-3-19-34-27-25(28(33)30-24-18-12-6-11-17-23(24)29)31-32(20-21-13-7-4-8-14-21)26(27)22-15-9-5-10-16-22/h4-5,7-18H,2-3,6,19-20,29H2,1H3,(H,30,33). The normalized spacial score (nSPS) is 13.1. The molecule has 174 valence electrons. The van der Waals surface area contributed by atoms with E-state index in [-0.39, 0.29) is 11.6 Å². The largest absolute Gasteiger partial charge is 0.489 e. The van der Waals surface area contributed by atoms with E-state index in [0.29, 0.717) is 30.3 Å². The smallest absolute Gasteiger partial charge is 0.280 e. The van der Waals surface area contributed by atoms with Gasteiger partial charge in [-0.3, -0.25) is 9.48 Å². The van der Waals surface area contributed by atoms with Gasteiger partial charge in [-0.2, -0.15) is 5.10 Å². The first-order valence-corrected chi connectivity index (χ1v) is 11.6. The molecule has 0 spiro atoms. The zero-order valence-electron chi connectivity index (χ0n) is 19.4. The first kappa shape index (κ1) is 23.1. The molecule has 0 aliphatic heterocycles. The molecule has 2 aromatic carbocycles. The predicted octanol–water partition coefficient (Wildman–Crippen LogP) is 5.19. The summed E-state index contributed by atoms with van der Waals surface area (Å²) in [5, 5.41) is 7.68. The summed E-state index contributed by atoms with van der Waals surface area (Å²) < 4.78 is 8.07. The highest BCUT2D eigenvalue weighted by atomic mass is 16.5. The Morgan fingerprint density at radius 1 is 1.06 bits per heavy atom. The molecule has 3 aromatic rings. The number of aromatic nitrogens is 2. The summed E-state index contributed by atoms with van der Waals surface area (Å²) in [5.74, 6) is 0.133. The lowest BCUT2D eigenvalue weighted by molar-refractivity contribution is 0.0957. The van der Waals surface area contributed by atoms with Crippen molar-refractivity contribution in [3.05, 3.63) is 108 Å². The molecule has 0 fully saturated rings. The molecule has 0 saturated heterocycles. The summed E-state index contributed by atoms with van der Waals surface area (Å²) in [4.78, 5) is 13.5. The van der Waals surface area contributed by atoms with E-state index >= 15 is 0 Å². The molecule has 6 nitrogen and oxygen atoms in total. The van der Waals surface area contributed by atoms with E-state index in [1.54, 1.807) is 6.08 Å². The lowest BCUT2D eigenvalue weighted by Crippen LogP contribution is -2.25. The molecular formula is C28H30N4O2. The molecule has 4 rings (SSSR count). The Balaban J connectivity index is 1.79. The van der Waals surface area contributed by atoms with Gasteiger partial charge in [0.25, 0.3) is 5.91 Å². The van der Waals surface area contributed by atoms with Crippen molar-refractivity contribution in [2.75, 3.05) is 6.61 Å². The van der Waals surface area contributed by atoms with Crippen LogP contribution in [0, 0.1) is 0 Å². The minimum atomic E-state index is -0.353. The minimum absolute atomic E-state index is 0.243. The van der Waals surface area contributed by atoms with Crippen molar-refractivity contribution in [1.82, 2.24) is 15.1 Å². The molecule has 34 heavy (non-hydrogen) atoms. The van der Waals surface area contributed by atoms with Crippen molar-refractivity contribution >= 4 is 5.91 Å². The molecular weight excluding hydrogens is 424 g/mol. The van der Waals surface area contributed by atoms with Crippen LogP contribution < -0.4 is 15.8 Å². The van der Waals surface area contributed by atoms with Crippen LogP contribution in [0.5, 0.6) is 5.75 Å². The first-order chi connectivity index (χ1) is 16.7. The molecule has 0 bridgehead atoms. The molecule has 1 heterocycles. The molecule has 1 amide bonds. The fourth-order valence-corrected chi connectivity index (χ4v) is 3.74. The highest BCUT2D eigenvalue weighted by Gasteiger charge is 2.26. The zero-order valence-corrected chi connectivity index (χ0v) is 19.4. The Kier molecular flexibility index (Phi) is 7.60. The van der Waals surface area contributed by atoms with Gasteiger partial charge in [0.15, 0.2) is 11.4 Å². The van der Waals surface area contributed by atoms with Crippen LogP contribution >= 0.6 is 0 Å². The minimum Gasteiger partial charge on any atom is -0.489 e. The average molecular weight is 455 g/mol. The second-order valence-electron chi connectivity index (χ2n) is 8.10. The molecule has 6 heteroatoms. The van der Waals surface area contributed by atoms with Gasteiger partial charge < -0.3 is 15.8 Å². The van der Waals surface area contributed by atoms with E-state index < -0.39 is 0 Å². The number of hydrogen-bond acceptors (Lipinski definition) is 4. The summed E-state index contributed by atoms with van der Waals surface area (Å²) in [6.45, 7) is 3.12. The van der Waals surface area contributed by atoms with Gasteiger partial charge in [0, 0.05) is 5.56 Å². The molecule has 1 aromatic heterocycles. The second-order valence-corrected chi connectivity index (χ2v) is 8.10. The van der Waals surface area contributed by atoms with Crippen molar-refractivity contribution in [2.24, 2.45) is 5.73 Å². The van der Waals surface area contributed by atoms with Crippen LogP contribution in [-0.2, 0) is 6.54 Å². The number of hydrogen-bond donors (Lipinski definition) is 2. The fraction of sp³-hybridized carbons (Fsp3) is 0.214. The third kappa shape index (κ3) is 5.46. The average Bonchev–Trinajstić information content (AvgIpc) is 3.09. The third-order valence-corrected chi connectivity index (χ3v) is 5.50. The Morgan fingerprint density at radius 3 is 2.50 bits per heavy atom. The first-order valence-electron chi connectivity index (χ1n) is 11.6. The number of ether oxygens (including phenoxy) is 1. The lowest BCUT2D eigenvalue weighted by Gasteiger charge is -2.12. The summed E-state index contributed by atoms with van der Waals surface area (Å²) in [5.41, 5.74) is 10.2. The maximum absolute atomic E-state index is 13.5. The van der Waals surface area contributed by atoms with E-state index in [4.69, 9.17) is 15.6 Å². The molecule has 1 aliphatic rings. The number of amides is 1. The molecule has 0 saturated carbocycles. The SMILES string of the molecule is CCCCOc1c(C(=O)NC2=C(N)C=CCC=C2)nn(Cc2ccccc2)c1-c1ccccc1. The van der Waals surface area contributed by atoms with Crippen LogP contribution in [0.2, 0.25) is 0 Å². The Morgan fingerprint density at radius 2 is 1.76 bits per heavy atom. The van der Waals surface area contributed by atoms with Crippen LogP contribution in [0.15, 0.2) is 96.4 Å². The van der Waals surface area contributed by atoms with Crippen LogP contribution in [0.4, 0.5) is 0 Å². The van der Waals surface area contributed by atoms with E-state index in [1.165, 1.54) is 0 Å². The van der Waals surface area contributed by atoms with E-state index in [0.717, 1.165) is 36.1 Å². The van der Waals surface area contributed by atoms with Gasteiger partial charge >= 0.3 is 0 Å². The van der Waals surface area contributed by atoms with E-state index in [1.807, 2.05) is 83.6 Å². The van der Waals surface area contributed by atoms with Crippen molar-refractivity contribution in [3.63, 3.8) is 0 Å². The van der Waals surface area contributed by atoms with E-state index in [2.05, 4.69) is 12.2 Å². The van der Waals surface area contributed by atoms with Gasteiger partial charge in [-0.15, -0.1) is 0 Å². The fourth-order valence-electron chi connectivity index (χ4n) is 3.74. The number of carbonyl (C=O) groups excluding carboxylic acids is 1. The second kappa shape index (κ2) is 11.2. The summed E-state index contributed by atoms with van der Waals surface area (Å²) in [7, 11) is 0. The van der Waals surface area contributed by atoms with Crippen molar-refractivity contribution in [2.45, 2.75) is 32.7 Å². The maximum Gasteiger partial charge on any atom is 0.280 e. The van der Waals surface area contributed by atoms with Crippen LogP contribution in [-0.4, -0.2) is 22.3 Å². The highest BCUT2D eigenvalue weighted by Crippen LogP contribution is 2.34. The van der Waals surface area contributed by atoms with Crippen molar-refractivity contribution in [3.8, 4) is 17.0 Å². The summed E-state index contributed by atoms with van der Waals surface area (Å²) >= 11 is 0. The van der Waals surface area contributed by atoms with Crippen molar-refractivity contribution in [1.29, 1.82) is 0 Å². The number of nitrogens with zero attached hydrogens (tertiary/aromatic N) is 2. The van der Waals surface area contributed by atoms with Gasteiger partial charge in [0.05, 0.1) is 24.5 Å². The zero-order chi connectivity index (χ0) is 23.8. The van der Waals surface area contributed by atoms with Crippen LogP contribution in [0.3, 0.4) is 0 Å². The van der Waals surface area contributed by atoms with Crippen LogP contribution in [0.25, 0.3) is 11.3 Å². The Bertz CT molecular complexity index is 1210. The maximum atomic E-state index is 13.5. The van der Waals surface area contributed by atoms with Crippen LogP contribution in [0.1, 0.15) is 42.2 Å². The van der Waals surface area contributed by atoms with Gasteiger partial charge in [0.2, 0.25) is 0 Å². The molecule has 0 unspecified atom stereocenters. The highest BCUT2D eigenvalue weighted by molar-refractivity contribution is 5.98. The third-order valence-electron chi connectivity index (χ3n) is 5.50. The predicted molar refractivity (Wildman–Crippen MR) is 135 cm³/mol. The lowest BCUT2D eigenvalue weighted by atomic mass is 10.1. The molecule has 1 aliphatic carbocycles. The number of nitrogens with one attached hydrogen (secondary N) is 1. The Hall–Kier alpha value is -4.06. The number of carbonyl (C=O) groups is 1. The van der Waals surface area contributed by atoms with E-state index in [9.17, 15) is 4.79 Å². The van der Waals surface area contributed by atoms with Gasteiger partial charge in [0.1, 0.15) is 5.69 Å². The molecule has 3 N–H and O–H groups in total. The Labute approximate surface area is 200 Å². The number of nitrogens with two attached hydrogens (primary N) is 1. The topological polar surface area (TPSA) is 82.2 Å². The number of unbranched alkanes of at least 4 members (excludes halogenated alkanes) is 1. The number of rotatable bonds is 9. The van der Waals surface area contributed by atoms with Crippen molar-refractivity contribution < 1.29 is 9.53 Å². The summed E-state index contributed by atoms with van der Waals surface area (Å²) in [6, 6.07) is 20.0. The number of allylic oxidation sites excluding steroid dienone is 4. The monoisotopic (exact) mass is 454 g/mol. The van der Waals surface area contributed by atoms with Gasteiger partial charge in [-0.05, 0) is 30.6 Å². The molecule has 0 radical (unpaired) electrons. The van der Waals surface area contributed by atoms with Gasteiger partial charge in [-0.25, -0.2) is 0 Å². The molecule has 0 atom stereocenters. The summed E-state index contributed by atoms with van der Waals surface area (Å²) in [6.07, 6.45) is 10.2. The quantitative estimate of drug-likeness (QED) is 0.436. The number of benzene rings is 2. The van der Waals surface area contributed by atoms with Gasteiger partial charge in [-0.1, -0.05) is 86.2 Å².